The summed E-state index contributed by atoms with van der Waals surface area (Å²) in [6.07, 6.45) is 1.79. The molecule has 1 aromatic rings. The molecule has 0 fully saturated rings. The van der Waals surface area contributed by atoms with E-state index in [9.17, 15) is 8.42 Å². The van der Waals surface area contributed by atoms with E-state index in [0.29, 0.717) is 23.5 Å². The molecule has 3 N–H and O–H groups in total. The highest BCUT2D eigenvalue weighted by Crippen LogP contribution is 2.31. The first kappa shape index (κ1) is 18.1. The first-order chi connectivity index (χ1) is 9.36. The lowest BCUT2D eigenvalue weighted by Gasteiger charge is -2.08. The van der Waals surface area contributed by atoms with Crippen LogP contribution in [0.3, 0.4) is 0 Å². The van der Waals surface area contributed by atoms with Gasteiger partial charge in [-0.3, -0.25) is 0 Å². The molecule has 0 aliphatic heterocycles. The highest BCUT2D eigenvalue weighted by atomic mass is 79.9. The normalized spacial score (nSPS) is 12.2. The van der Waals surface area contributed by atoms with Gasteiger partial charge in [0.2, 0.25) is 10.0 Å². The lowest BCUT2D eigenvalue weighted by molar-refractivity contribution is 0.0762. The number of thiophene rings is 1. The molecule has 0 spiro atoms. The summed E-state index contributed by atoms with van der Waals surface area (Å²) in [6.45, 7) is 5.35. The Morgan fingerprint density at radius 1 is 1.45 bits per heavy atom. The standard InChI is InChI=1S/C12H21BrN2O3S2/c1-9(2)18-6-4-3-5-15-20(16,17)11-7-10(8-14)19-12(11)13/h7,9,15H,3-6,8,14H2,1-2H3. The van der Waals surface area contributed by atoms with E-state index in [2.05, 4.69) is 20.7 Å². The summed E-state index contributed by atoms with van der Waals surface area (Å²) >= 11 is 4.61. The lowest BCUT2D eigenvalue weighted by Crippen LogP contribution is -2.25. The van der Waals surface area contributed by atoms with Crippen molar-refractivity contribution in [2.45, 2.75) is 44.2 Å². The monoisotopic (exact) mass is 384 g/mol. The molecule has 0 radical (unpaired) electrons. The van der Waals surface area contributed by atoms with Crippen LogP contribution in [-0.2, 0) is 21.3 Å². The van der Waals surface area contributed by atoms with Crippen LogP contribution in [0.2, 0.25) is 0 Å². The van der Waals surface area contributed by atoms with Crippen molar-refractivity contribution in [2.75, 3.05) is 13.2 Å². The van der Waals surface area contributed by atoms with E-state index >= 15 is 0 Å². The van der Waals surface area contributed by atoms with Gasteiger partial charge in [0.1, 0.15) is 4.90 Å². The second-order valence-corrected chi connectivity index (χ2v) is 8.77. The van der Waals surface area contributed by atoms with Gasteiger partial charge in [-0.15, -0.1) is 11.3 Å². The zero-order valence-electron chi connectivity index (χ0n) is 11.7. The van der Waals surface area contributed by atoms with Gasteiger partial charge in [0.25, 0.3) is 0 Å². The molecule has 0 saturated carbocycles. The molecule has 1 heterocycles. The number of sulfonamides is 1. The van der Waals surface area contributed by atoms with Gasteiger partial charge >= 0.3 is 0 Å². The number of halogens is 1. The zero-order valence-corrected chi connectivity index (χ0v) is 14.9. The molecule has 0 saturated heterocycles. The summed E-state index contributed by atoms with van der Waals surface area (Å²) in [6, 6.07) is 1.61. The molecular weight excluding hydrogens is 364 g/mol. The van der Waals surface area contributed by atoms with Crippen molar-refractivity contribution in [3.05, 3.63) is 14.7 Å². The van der Waals surface area contributed by atoms with Gasteiger partial charge < -0.3 is 10.5 Å². The molecule has 0 atom stereocenters. The van der Waals surface area contributed by atoms with Crippen LogP contribution in [0, 0.1) is 0 Å². The summed E-state index contributed by atoms with van der Waals surface area (Å²) < 4.78 is 32.8. The Morgan fingerprint density at radius 2 is 2.15 bits per heavy atom. The highest BCUT2D eigenvalue weighted by molar-refractivity contribution is 9.11. The van der Waals surface area contributed by atoms with E-state index in [1.807, 2.05) is 13.8 Å². The fraction of sp³-hybridized carbons (Fsp3) is 0.667. The Bertz CT molecular complexity index is 515. The van der Waals surface area contributed by atoms with Crippen molar-refractivity contribution in [1.29, 1.82) is 0 Å². The summed E-state index contributed by atoms with van der Waals surface area (Å²) in [7, 11) is -3.47. The summed E-state index contributed by atoms with van der Waals surface area (Å²) in [5.74, 6) is 0. The zero-order chi connectivity index (χ0) is 15.2. The first-order valence-corrected chi connectivity index (χ1v) is 9.55. The Labute approximate surface area is 133 Å². The Morgan fingerprint density at radius 3 is 2.70 bits per heavy atom. The number of rotatable bonds is 9. The number of ether oxygens (including phenoxy) is 1. The molecule has 20 heavy (non-hydrogen) atoms. The fourth-order valence-electron chi connectivity index (χ4n) is 1.51. The number of hydrogen-bond donors (Lipinski definition) is 2. The molecule has 0 bridgehead atoms. The average Bonchev–Trinajstić information content (AvgIpc) is 2.75. The van der Waals surface area contributed by atoms with Gasteiger partial charge in [-0.05, 0) is 48.7 Å². The molecule has 1 rings (SSSR count). The predicted octanol–water partition coefficient (Wildman–Crippen LogP) is 2.45. The third kappa shape index (κ3) is 5.79. The number of unbranched alkanes of at least 4 members (excludes halogenated alkanes) is 1. The van der Waals surface area contributed by atoms with E-state index in [0.717, 1.165) is 17.7 Å². The second-order valence-electron chi connectivity index (χ2n) is 4.58. The van der Waals surface area contributed by atoms with Gasteiger partial charge in [-0.2, -0.15) is 0 Å². The van der Waals surface area contributed by atoms with Crippen LogP contribution < -0.4 is 10.5 Å². The third-order valence-electron chi connectivity index (χ3n) is 2.51. The molecule has 1 aromatic heterocycles. The predicted molar refractivity (Wildman–Crippen MR) is 85.4 cm³/mol. The maximum Gasteiger partial charge on any atom is 0.242 e. The van der Waals surface area contributed by atoms with Crippen LogP contribution in [0.4, 0.5) is 0 Å². The molecule has 0 aliphatic rings. The average molecular weight is 385 g/mol. The quantitative estimate of drug-likeness (QED) is 0.640. The van der Waals surface area contributed by atoms with Crippen LogP contribution >= 0.6 is 27.3 Å². The van der Waals surface area contributed by atoms with E-state index in [-0.39, 0.29) is 11.0 Å². The van der Waals surface area contributed by atoms with Gasteiger partial charge in [0, 0.05) is 24.6 Å². The van der Waals surface area contributed by atoms with Crippen molar-refractivity contribution in [3.8, 4) is 0 Å². The van der Waals surface area contributed by atoms with Gasteiger partial charge in [-0.1, -0.05) is 0 Å². The molecule has 8 heteroatoms. The van der Waals surface area contributed by atoms with Crippen LogP contribution in [0.1, 0.15) is 31.6 Å². The number of nitrogens with two attached hydrogens (primary N) is 1. The molecular formula is C12H21BrN2O3S2. The van der Waals surface area contributed by atoms with E-state index < -0.39 is 10.0 Å². The number of nitrogens with one attached hydrogen (secondary N) is 1. The minimum atomic E-state index is -3.47. The van der Waals surface area contributed by atoms with Crippen molar-refractivity contribution in [3.63, 3.8) is 0 Å². The largest absolute Gasteiger partial charge is 0.379 e. The van der Waals surface area contributed by atoms with Crippen molar-refractivity contribution < 1.29 is 13.2 Å². The van der Waals surface area contributed by atoms with Crippen LogP contribution in [0.25, 0.3) is 0 Å². The number of hydrogen-bond acceptors (Lipinski definition) is 5. The van der Waals surface area contributed by atoms with E-state index in [1.165, 1.54) is 11.3 Å². The second kappa shape index (κ2) is 8.45. The Kier molecular flexibility index (Phi) is 7.63. The van der Waals surface area contributed by atoms with Crippen LogP contribution in [-0.4, -0.2) is 27.7 Å². The van der Waals surface area contributed by atoms with E-state index in [1.54, 1.807) is 6.07 Å². The fourth-order valence-corrected chi connectivity index (χ4v) is 5.15. The van der Waals surface area contributed by atoms with E-state index in [4.69, 9.17) is 10.5 Å². The maximum atomic E-state index is 12.1. The van der Waals surface area contributed by atoms with Crippen LogP contribution in [0.15, 0.2) is 14.7 Å². The molecule has 0 amide bonds. The first-order valence-electron chi connectivity index (χ1n) is 6.46. The lowest BCUT2D eigenvalue weighted by atomic mass is 10.3. The summed E-state index contributed by atoms with van der Waals surface area (Å²) in [5, 5.41) is 0. The van der Waals surface area contributed by atoms with Crippen molar-refractivity contribution in [1.82, 2.24) is 4.72 Å². The minimum Gasteiger partial charge on any atom is -0.379 e. The smallest absolute Gasteiger partial charge is 0.242 e. The molecule has 0 aliphatic carbocycles. The maximum absolute atomic E-state index is 12.1. The minimum absolute atomic E-state index is 0.211. The SMILES string of the molecule is CC(C)OCCCCNS(=O)(=O)c1cc(CN)sc1Br. The van der Waals surface area contributed by atoms with Crippen molar-refractivity contribution >= 4 is 37.3 Å². The van der Waals surface area contributed by atoms with Gasteiger partial charge in [0.05, 0.1) is 9.89 Å². The van der Waals surface area contributed by atoms with Gasteiger partial charge in [0.15, 0.2) is 0 Å². The molecule has 116 valence electrons. The molecule has 0 unspecified atom stereocenters. The summed E-state index contributed by atoms with van der Waals surface area (Å²) in [5.41, 5.74) is 5.52. The van der Waals surface area contributed by atoms with Gasteiger partial charge in [-0.25, -0.2) is 13.1 Å². The van der Waals surface area contributed by atoms with Crippen molar-refractivity contribution in [2.24, 2.45) is 5.73 Å². The summed E-state index contributed by atoms with van der Waals surface area (Å²) in [4.78, 5) is 1.10. The highest BCUT2D eigenvalue weighted by Gasteiger charge is 2.19. The molecule has 5 nitrogen and oxygen atoms in total. The third-order valence-corrected chi connectivity index (χ3v) is 6.25. The Balaban J connectivity index is 2.43. The van der Waals surface area contributed by atoms with Crippen LogP contribution in [0.5, 0.6) is 0 Å². The molecule has 0 aromatic carbocycles. The topological polar surface area (TPSA) is 81.4 Å². The Hall–Kier alpha value is 0.01000.